The highest BCUT2D eigenvalue weighted by molar-refractivity contribution is 5.19. The number of hydrogen-bond acceptors (Lipinski definition) is 4. The first kappa shape index (κ1) is 15.5. The van der Waals surface area contributed by atoms with Crippen molar-refractivity contribution in [2.75, 3.05) is 6.61 Å². The fraction of sp³-hybridized carbons (Fsp3) is 0.500. The van der Waals surface area contributed by atoms with Crippen molar-refractivity contribution in [2.45, 2.75) is 45.8 Å². The van der Waals surface area contributed by atoms with E-state index >= 15 is 0 Å². The van der Waals surface area contributed by atoms with Gasteiger partial charge in [-0.15, -0.1) is 0 Å². The van der Waals surface area contributed by atoms with Crippen LogP contribution in [0.2, 0.25) is 0 Å². The molecule has 0 aliphatic rings. The first-order chi connectivity index (χ1) is 10.0. The summed E-state index contributed by atoms with van der Waals surface area (Å²) in [7, 11) is 0. The molecule has 0 radical (unpaired) electrons. The maximum absolute atomic E-state index is 5.69. The summed E-state index contributed by atoms with van der Waals surface area (Å²) in [6, 6.07) is 3.98. The second-order valence-corrected chi connectivity index (χ2v) is 6.09. The largest absolute Gasteiger partial charge is 0.492 e. The maximum Gasteiger partial charge on any atom is 0.137 e. The highest BCUT2D eigenvalue weighted by Crippen LogP contribution is 2.10. The summed E-state index contributed by atoms with van der Waals surface area (Å²) in [5.74, 6) is 0.820. The number of pyridine rings is 1. The van der Waals surface area contributed by atoms with E-state index in [0.29, 0.717) is 6.61 Å². The second-order valence-electron chi connectivity index (χ2n) is 6.09. The Morgan fingerprint density at radius 2 is 2.14 bits per heavy atom. The first-order valence-electron chi connectivity index (χ1n) is 7.31. The molecule has 0 unspecified atom stereocenters. The molecule has 1 N–H and O–H groups in total. The second kappa shape index (κ2) is 7.22. The van der Waals surface area contributed by atoms with Crippen molar-refractivity contribution < 1.29 is 4.74 Å². The van der Waals surface area contributed by atoms with Crippen LogP contribution < -0.4 is 10.1 Å². The average molecular weight is 288 g/mol. The van der Waals surface area contributed by atoms with Crippen LogP contribution in [0.3, 0.4) is 0 Å². The molecule has 0 aliphatic carbocycles. The van der Waals surface area contributed by atoms with E-state index in [2.05, 4.69) is 36.1 Å². The lowest BCUT2D eigenvalue weighted by Gasteiger charge is -2.20. The van der Waals surface area contributed by atoms with Crippen molar-refractivity contribution >= 4 is 0 Å². The van der Waals surface area contributed by atoms with Gasteiger partial charge in [-0.3, -0.25) is 4.98 Å². The van der Waals surface area contributed by atoms with Crippen LogP contribution in [0.25, 0.3) is 0 Å². The number of imidazole rings is 1. The minimum absolute atomic E-state index is 0.101. The minimum Gasteiger partial charge on any atom is -0.492 e. The summed E-state index contributed by atoms with van der Waals surface area (Å²) in [5, 5.41) is 3.41. The third-order valence-corrected chi connectivity index (χ3v) is 2.99. The molecular weight excluding hydrogens is 264 g/mol. The summed E-state index contributed by atoms with van der Waals surface area (Å²) in [6.07, 6.45) is 8.30. The molecule has 0 saturated heterocycles. The fourth-order valence-corrected chi connectivity index (χ4v) is 1.81. The van der Waals surface area contributed by atoms with Gasteiger partial charge in [-0.05, 0) is 39.3 Å². The minimum atomic E-state index is 0.101. The van der Waals surface area contributed by atoms with Gasteiger partial charge in [0.15, 0.2) is 0 Å². The molecule has 2 aromatic heterocycles. The summed E-state index contributed by atoms with van der Waals surface area (Å²) >= 11 is 0. The lowest BCUT2D eigenvalue weighted by atomic mass is 10.1. The number of rotatable bonds is 7. The zero-order valence-corrected chi connectivity index (χ0v) is 13.0. The number of ether oxygens (including phenoxy) is 1. The Bertz CT molecular complexity index is 514. The molecule has 0 aromatic carbocycles. The van der Waals surface area contributed by atoms with E-state index in [1.54, 1.807) is 12.4 Å². The molecule has 2 aromatic rings. The molecule has 114 valence electrons. The van der Waals surface area contributed by atoms with E-state index in [4.69, 9.17) is 4.74 Å². The molecule has 0 amide bonds. The van der Waals surface area contributed by atoms with Gasteiger partial charge in [0.05, 0.1) is 24.8 Å². The number of hydrogen-bond donors (Lipinski definition) is 1. The zero-order valence-electron chi connectivity index (χ0n) is 13.0. The van der Waals surface area contributed by atoms with Crippen LogP contribution in [-0.4, -0.2) is 26.7 Å². The summed E-state index contributed by atoms with van der Waals surface area (Å²) in [5.41, 5.74) is 1.13. The third-order valence-electron chi connectivity index (χ3n) is 2.99. The molecule has 0 atom stereocenters. The van der Waals surface area contributed by atoms with Gasteiger partial charge in [-0.2, -0.15) is 0 Å². The molecule has 0 spiro atoms. The monoisotopic (exact) mass is 288 g/mol. The molecule has 5 heteroatoms. The van der Waals surface area contributed by atoms with Crippen molar-refractivity contribution in [3.63, 3.8) is 0 Å². The number of nitrogens with zero attached hydrogens (tertiary/aromatic N) is 3. The van der Waals surface area contributed by atoms with Crippen LogP contribution in [0.4, 0.5) is 0 Å². The Hall–Kier alpha value is -1.88. The van der Waals surface area contributed by atoms with Crippen molar-refractivity contribution in [2.24, 2.45) is 0 Å². The summed E-state index contributed by atoms with van der Waals surface area (Å²) < 4.78 is 7.73. The molecule has 0 bridgehead atoms. The first-order valence-corrected chi connectivity index (χ1v) is 7.31. The smallest absolute Gasteiger partial charge is 0.137 e. The lowest BCUT2D eigenvalue weighted by molar-refractivity contribution is 0.300. The zero-order chi connectivity index (χ0) is 15.1. The highest BCUT2D eigenvalue weighted by atomic mass is 16.5. The van der Waals surface area contributed by atoms with Crippen LogP contribution in [-0.2, 0) is 13.1 Å². The van der Waals surface area contributed by atoms with Crippen molar-refractivity contribution in [1.29, 1.82) is 0 Å². The highest BCUT2D eigenvalue weighted by Gasteiger charge is 2.08. The average Bonchev–Trinajstić information content (AvgIpc) is 2.95. The number of nitrogens with one attached hydrogen (secondary N) is 1. The third kappa shape index (κ3) is 5.95. The molecule has 5 nitrogen and oxygen atoms in total. The van der Waals surface area contributed by atoms with Gasteiger partial charge in [0.1, 0.15) is 5.75 Å². The van der Waals surface area contributed by atoms with Crippen LogP contribution in [0, 0.1) is 0 Å². The van der Waals surface area contributed by atoms with Crippen molar-refractivity contribution in [3.8, 4) is 5.75 Å². The summed E-state index contributed by atoms with van der Waals surface area (Å²) in [6.45, 7) is 8.80. The van der Waals surface area contributed by atoms with E-state index in [1.807, 2.05) is 29.2 Å². The number of aromatic nitrogens is 3. The van der Waals surface area contributed by atoms with Gasteiger partial charge < -0.3 is 14.6 Å². The van der Waals surface area contributed by atoms with E-state index in [1.165, 1.54) is 0 Å². The molecule has 2 heterocycles. The Kier molecular flexibility index (Phi) is 5.33. The standard InChI is InChI=1S/C16H24N4O/c1-16(2,3)19-11-14-5-6-15(12-18-14)21-10-4-8-20-9-7-17-13-20/h5-7,9,12-13,19H,4,8,10-11H2,1-3H3. The quantitative estimate of drug-likeness (QED) is 0.796. The van der Waals surface area contributed by atoms with E-state index in [9.17, 15) is 0 Å². The van der Waals surface area contributed by atoms with Crippen molar-refractivity contribution in [3.05, 3.63) is 42.7 Å². The molecular formula is C16H24N4O. The maximum atomic E-state index is 5.69. The Morgan fingerprint density at radius 3 is 2.76 bits per heavy atom. The van der Waals surface area contributed by atoms with Crippen molar-refractivity contribution in [1.82, 2.24) is 19.9 Å². The SMILES string of the molecule is CC(C)(C)NCc1ccc(OCCCn2ccnc2)cn1. The van der Waals surface area contributed by atoms with Crippen LogP contribution >= 0.6 is 0 Å². The van der Waals surface area contributed by atoms with E-state index in [0.717, 1.165) is 31.0 Å². The normalized spacial score (nSPS) is 11.6. The summed E-state index contributed by atoms with van der Waals surface area (Å²) in [4.78, 5) is 8.42. The Labute approximate surface area is 126 Å². The molecule has 0 saturated carbocycles. The predicted molar refractivity (Wildman–Crippen MR) is 83.2 cm³/mol. The van der Waals surface area contributed by atoms with Crippen LogP contribution in [0.1, 0.15) is 32.9 Å². The van der Waals surface area contributed by atoms with Gasteiger partial charge >= 0.3 is 0 Å². The van der Waals surface area contributed by atoms with Crippen LogP contribution in [0.5, 0.6) is 5.75 Å². The van der Waals surface area contributed by atoms with Gasteiger partial charge in [0, 0.05) is 31.0 Å². The fourth-order valence-electron chi connectivity index (χ4n) is 1.81. The van der Waals surface area contributed by atoms with Gasteiger partial charge in [-0.1, -0.05) is 0 Å². The van der Waals surface area contributed by atoms with E-state index < -0.39 is 0 Å². The molecule has 0 fully saturated rings. The van der Waals surface area contributed by atoms with Gasteiger partial charge in [0.25, 0.3) is 0 Å². The molecule has 21 heavy (non-hydrogen) atoms. The predicted octanol–water partition coefficient (Wildman–Crippen LogP) is 2.64. The topological polar surface area (TPSA) is 52.0 Å². The Balaban J connectivity index is 1.69. The van der Waals surface area contributed by atoms with Gasteiger partial charge in [-0.25, -0.2) is 4.98 Å². The number of aryl methyl sites for hydroxylation is 1. The van der Waals surface area contributed by atoms with Gasteiger partial charge in [0.2, 0.25) is 0 Å². The van der Waals surface area contributed by atoms with Crippen LogP contribution in [0.15, 0.2) is 37.1 Å². The van der Waals surface area contributed by atoms with E-state index in [-0.39, 0.29) is 5.54 Å². The molecule has 0 aliphatic heterocycles. The Morgan fingerprint density at radius 1 is 1.29 bits per heavy atom. The molecule has 2 rings (SSSR count). The lowest BCUT2D eigenvalue weighted by Crippen LogP contribution is -2.35.